The molecule has 0 aromatic heterocycles. The van der Waals surface area contributed by atoms with Crippen molar-refractivity contribution in [1.29, 1.82) is 0 Å². The molecule has 0 bridgehead atoms. The molecule has 2 aromatic rings. The molecule has 0 radical (unpaired) electrons. The van der Waals surface area contributed by atoms with Crippen molar-refractivity contribution in [2.75, 3.05) is 19.5 Å². The lowest BCUT2D eigenvalue weighted by molar-refractivity contribution is -0.116. The molecule has 32 heavy (non-hydrogen) atoms. The molecule has 170 valence electrons. The number of allylic oxidation sites excluding steroid dienone is 2. The molecule has 0 fully saturated rings. The van der Waals surface area contributed by atoms with E-state index in [2.05, 4.69) is 5.32 Å². The SMILES string of the molecule is COc1ccc(NC(=O)CC/C(C)=C/Cc2c(O)c3c(c(C)c2OC)COC3=O)cc1Cl. The van der Waals surface area contributed by atoms with E-state index in [0.717, 1.165) is 11.1 Å². The van der Waals surface area contributed by atoms with Crippen molar-refractivity contribution in [3.05, 3.63) is 57.1 Å². The maximum atomic E-state index is 12.3. The van der Waals surface area contributed by atoms with E-state index in [4.69, 9.17) is 25.8 Å². The van der Waals surface area contributed by atoms with Gasteiger partial charge in [0.15, 0.2) is 0 Å². The van der Waals surface area contributed by atoms with Crippen LogP contribution in [0.15, 0.2) is 29.8 Å². The van der Waals surface area contributed by atoms with Gasteiger partial charge < -0.3 is 24.6 Å². The largest absolute Gasteiger partial charge is 0.507 e. The third kappa shape index (κ3) is 4.83. The van der Waals surface area contributed by atoms with Crippen molar-refractivity contribution >= 4 is 29.2 Å². The van der Waals surface area contributed by atoms with Gasteiger partial charge in [-0.15, -0.1) is 0 Å². The van der Waals surface area contributed by atoms with Gasteiger partial charge in [-0.2, -0.15) is 0 Å². The summed E-state index contributed by atoms with van der Waals surface area (Å²) >= 11 is 6.09. The summed E-state index contributed by atoms with van der Waals surface area (Å²) in [5.41, 5.74) is 3.74. The summed E-state index contributed by atoms with van der Waals surface area (Å²) in [7, 11) is 3.06. The van der Waals surface area contributed by atoms with Crippen LogP contribution in [0.3, 0.4) is 0 Å². The first-order chi connectivity index (χ1) is 15.3. The van der Waals surface area contributed by atoms with E-state index in [-0.39, 0.29) is 30.2 Å². The quantitative estimate of drug-likeness (QED) is 0.428. The summed E-state index contributed by atoms with van der Waals surface area (Å²) < 4.78 is 15.7. The summed E-state index contributed by atoms with van der Waals surface area (Å²) in [5.74, 6) is 0.300. The Morgan fingerprint density at radius 1 is 1.28 bits per heavy atom. The number of phenolic OH excluding ortho intramolecular Hbond substituents is 1. The number of aromatic hydroxyl groups is 1. The number of carbonyl (C=O) groups excluding carboxylic acids is 2. The van der Waals surface area contributed by atoms with E-state index in [9.17, 15) is 14.7 Å². The van der Waals surface area contributed by atoms with Crippen molar-refractivity contribution in [1.82, 2.24) is 0 Å². The van der Waals surface area contributed by atoms with Crippen molar-refractivity contribution in [3.8, 4) is 17.2 Å². The van der Waals surface area contributed by atoms with Crippen LogP contribution in [0.25, 0.3) is 0 Å². The van der Waals surface area contributed by atoms with Crippen LogP contribution in [0.2, 0.25) is 5.02 Å². The Bertz CT molecular complexity index is 1090. The minimum atomic E-state index is -0.527. The summed E-state index contributed by atoms with van der Waals surface area (Å²) in [4.78, 5) is 24.3. The average Bonchev–Trinajstić information content (AvgIpc) is 3.16. The molecule has 0 unspecified atom stereocenters. The first-order valence-corrected chi connectivity index (χ1v) is 10.5. The lowest BCUT2D eigenvalue weighted by Crippen LogP contribution is -2.11. The number of phenols is 1. The first kappa shape index (κ1) is 23.5. The molecular formula is C24H26ClNO6. The number of hydrogen-bond donors (Lipinski definition) is 2. The fraction of sp³-hybridized carbons (Fsp3) is 0.333. The van der Waals surface area contributed by atoms with Crippen molar-refractivity contribution in [3.63, 3.8) is 0 Å². The normalized spacial score (nSPS) is 12.9. The predicted octanol–water partition coefficient (Wildman–Crippen LogP) is 4.95. The molecule has 7 nitrogen and oxygen atoms in total. The number of carbonyl (C=O) groups is 2. The molecule has 1 aliphatic heterocycles. The van der Waals surface area contributed by atoms with Crippen molar-refractivity contribution < 1.29 is 28.9 Å². The lowest BCUT2D eigenvalue weighted by Gasteiger charge is -2.15. The van der Waals surface area contributed by atoms with Gasteiger partial charge in [0, 0.05) is 23.2 Å². The lowest BCUT2D eigenvalue weighted by atomic mass is 9.94. The molecule has 8 heteroatoms. The van der Waals surface area contributed by atoms with Gasteiger partial charge in [-0.3, -0.25) is 4.79 Å². The molecule has 0 saturated carbocycles. The van der Waals surface area contributed by atoms with E-state index in [1.807, 2.05) is 19.9 Å². The van der Waals surface area contributed by atoms with Gasteiger partial charge in [0.05, 0.1) is 19.2 Å². The highest BCUT2D eigenvalue weighted by atomic mass is 35.5. The smallest absolute Gasteiger partial charge is 0.342 e. The van der Waals surface area contributed by atoms with Crippen LogP contribution in [0.4, 0.5) is 5.69 Å². The summed E-state index contributed by atoms with van der Waals surface area (Å²) in [6.45, 7) is 3.89. The van der Waals surface area contributed by atoms with Gasteiger partial charge in [0.1, 0.15) is 29.4 Å². The number of fused-ring (bicyclic) bond motifs is 1. The van der Waals surface area contributed by atoms with Gasteiger partial charge in [0.2, 0.25) is 5.91 Å². The second-order valence-electron chi connectivity index (χ2n) is 7.57. The molecule has 3 rings (SSSR count). The van der Waals surface area contributed by atoms with E-state index in [1.165, 1.54) is 14.2 Å². The van der Waals surface area contributed by atoms with Gasteiger partial charge in [-0.1, -0.05) is 23.3 Å². The minimum Gasteiger partial charge on any atom is -0.507 e. The zero-order valence-electron chi connectivity index (χ0n) is 18.5. The summed E-state index contributed by atoms with van der Waals surface area (Å²) in [5, 5.41) is 13.9. The fourth-order valence-electron chi connectivity index (χ4n) is 3.68. The number of cyclic esters (lactones) is 1. The van der Waals surface area contributed by atoms with Crippen LogP contribution in [0, 0.1) is 6.92 Å². The number of ether oxygens (including phenoxy) is 3. The molecule has 0 saturated heterocycles. The standard InChI is InChI=1S/C24H26ClNO6/c1-13(6-10-20(27)26-15-7-9-19(30-3)18(25)11-15)5-8-16-22(28)21-17(12-32-24(21)29)14(2)23(16)31-4/h5,7,9,11,28H,6,8,10,12H2,1-4H3,(H,26,27)/b13-5+. The highest BCUT2D eigenvalue weighted by molar-refractivity contribution is 6.32. The molecule has 1 heterocycles. The molecule has 2 aromatic carbocycles. The third-order valence-electron chi connectivity index (χ3n) is 5.48. The molecule has 0 aliphatic carbocycles. The topological polar surface area (TPSA) is 94.1 Å². The number of nitrogens with one attached hydrogen (secondary N) is 1. The molecule has 0 spiro atoms. The van der Waals surface area contributed by atoms with Gasteiger partial charge in [-0.05, 0) is 50.5 Å². The van der Waals surface area contributed by atoms with Gasteiger partial charge in [0.25, 0.3) is 0 Å². The highest BCUT2D eigenvalue weighted by Gasteiger charge is 2.31. The fourth-order valence-corrected chi connectivity index (χ4v) is 3.94. The predicted molar refractivity (Wildman–Crippen MR) is 122 cm³/mol. The summed E-state index contributed by atoms with van der Waals surface area (Å²) in [6.07, 6.45) is 3.09. The van der Waals surface area contributed by atoms with Crippen molar-refractivity contribution in [2.24, 2.45) is 0 Å². The van der Waals surface area contributed by atoms with E-state index in [0.29, 0.717) is 46.2 Å². The van der Waals surface area contributed by atoms with Crippen molar-refractivity contribution in [2.45, 2.75) is 39.7 Å². The van der Waals surface area contributed by atoms with Crippen LogP contribution < -0.4 is 14.8 Å². The second kappa shape index (κ2) is 9.96. The Morgan fingerprint density at radius 3 is 2.69 bits per heavy atom. The summed E-state index contributed by atoms with van der Waals surface area (Å²) in [6, 6.07) is 5.05. The average molecular weight is 460 g/mol. The number of rotatable bonds is 8. The van der Waals surface area contributed by atoms with Gasteiger partial charge >= 0.3 is 5.97 Å². The Balaban J connectivity index is 1.66. The number of esters is 1. The maximum absolute atomic E-state index is 12.3. The van der Waals surface area contributed by atoms with E-state index < -0.39 is 5.97 Å². The zero-order chi connectivity index (χ0) is 23.4. The molecule has 0 atom stereocenters. The van der Waals surface area contributed by atoms with E-state index in [1.54, 1.807) is 18.2 Å². The molecule has 1 amide bonds. The Morgan fingerprint density at radius 2 is 2.03 bits per heavy atom. The Labute approximate surface area is 191 Å². The Hall–Kier alpha value is -3.19. The molecule has 1 aliphatic rings. The number of hydrogen-bond acceptors (Lipinski definition) is 6. The number of methoxy groups -OCH3 is 2. The molecular weight excluding hydrogens is 434 g/mol. The van der Waals surface area contributed by atoms with E-state index >= 15 is 0 Å². The van der Waals surface area contributed by atoms with Crippen LogP contribution in [-0.2, 0) is 22.6 Å². The number of amides is 1. The zero-order valence-corrected chi connectivity index (χ0v) is 19.3. The third-order valence-corrected chi connectivity index (χ3v) is 5.78. The minimum absolute atomic E-state index is 0.108. The van der Waals surface area contributed by atoms with Gasteiger partial charge in [-0.25, -0.2) is 4.79 Å². The Kier molecular flexibility index (Phi) is 7.30. The number of halogens is 1. The first-order valence-electron chi connectivity index (χ1n) is 10.1. The maximum Gasteiger partial charge on any atom is 0.342 e. The highest BCUT2D eigenvalue weighted by Crippen LogP contribution is 2.42. The number of anilines is 1. The molecule has 2 N–H and O–H groups in total. The van der Waals surface area contributed by atoms with Crippen LogP contribution in [0.1, 0.15) is 46.8 Å². The van der Waals surface area contributed by atoms with Crippen LogP contribution in [-0.4, -0.2) is 31.2 Å². The second-order valence-corrected chi connectivity index (χ2v) is 7.97. The number of benzene rings is 2. The van der Waals surface area contributed by atoms with Crippen LogP contribution >= 0.6 is 11.6 Å². The van der Waals surface area contributed by atoms with Crippen LogP contribution in [0.5, 0.6) is 17.2 Å². The monoisotopic (exact) mass is 459 g/mol.